The molecule has 2 aromatic rings. The summed E-state index contributed by atoms with van der Waals surface area (Å²) in [5.74, 6) is 0.892. The maximum absolute atomic E-state index is 12.1. The molecule has 1 heterocycles. The maximum Gasteiger partial charge on any atom is 0.278 e. The second-order valence-electron chi connectivity index (χ2n) is 5.55. The van der Waals surface area contributed by atoms with Crippen LogP contribution in [-0.2, 0) is 4.79 Å². The van der Waals surface area contributed by atoms with Gasteiger partial charge in [-0.05, 0) is 32.9 Å². The van der Waals surface area contributed by atoms with Crippen molar-refractivity contribution in [1.29, 1.82) is 0 Å². The third kappa shape index (κ3) is 4.20. The minimum absolute atomic E-state index is 0.0193. The molecule has 0 unspecified atom stereocenters. The van der Waals surface area contributed by atoms with Crippen LogP contribution < -0.4 is 10.6 Å². The predicted octanol–water partition coefficient (Wildman–Crippen LogP) is 1.85. The first-order valence-electron chi connectivity index (χ1n) is 7.31. The summed E-state index contributed by atoms with van der Waals surface area (Å²) in [6, 6.07) is 13.8. The van der Waals surface area contributed by atoms with Gasteiger partial charge >= 0.3 is 0 Å². The molecule has 0 aliphatic rings. The van der Waals surface area contributed by atoms with Crippen LogP contribution >= 0.6 is 0 Å². The highest BCUT2D eigenvalue weighted by Crippen LogP contribution is 2.18. The lowest BCUT2D eigenvalue weighted by molar-refractivity contribution is -0.706. The van der Waals surface area contributed by atoms with Crippen molar-refractivity contribution >= 4 is 5.91 Å². The first-order valence-corrected chi connectivity index (χ1v) is 7.31. The van der Waals surface area contributed by atoms with E-state index in [0.29, 0.717) is 0 Å². The molecule has 1 aromatic heterocycles. The smallest absolute Gasteiger partial charge is 0.278 e. The molecule has 0 radical (unpaired) electrons. The second-order valence-corrected chi connectivity index (χ2v) is 5.55. The van der Waals surface area contributed by atoms with Crippen LogP contribution in [0.3, 0.4) is 0 Å². The molecule has 0 saturated heterocycles. The molecule has 4 heteroatoms. The summed E-state index contributed by atoms with van der Waals surface area (Å²) in [6.07, 6.45) is 1.66. The Balaban J connectivity index is 2.16. The van der Waals surface area contributed by atoms with Crippen LogP contribution in [0.2, 0.25) is 0 Å². The maximum atomic E-state index is 12.1. The van der Waals surface area contributed by atoms with Crippen molar-refractivity contribution in [1.82, 2.24) is 5.32 Å². The number of nitrogens with two attached hydrogens (primary N) is 1. The van der Waals surface area contributed by atoms with E-state index < -0.39 is 0 Å². The minimum atomic E-state index is -0.192. The molecule has 1 aromatic carbocycles. The van der Waals surface area contributed by atoms with Crippen LogP contribution in [0, 0.1) is 0 Å². The van der Waals surface area contributed by atoms with E-state index in [4.69, 9.17) is 4.42 Å². The Kier molecular flexibility index (Phi) is 5.17. The van der Waals surface area contributed by atoms with E-state index in [-0.39, 0.29) is 24.0 Å². The number of furan rings is 1. The van der Waals surface area contributed by atoms with Gasteiger partial charge in [-0.1, -0.05) is 30.3 Å². The number of carbonyl (C=O) groups is 1. The first-order chi connectivity index (χ1) is 10.1. The number of hydrogen-bond donors (Lipinski definition) is 2. The zero-order chi connectivity index (χ0) is 15.2. The molecule has 1 amide bonds. The number of hydrogen-bond acceptors (Lipinski definition) is 2. The molecule has 0 bridgehead atoms. The van der Waals surface area contributed by atoms with Gasteiger partial charge in [0.1, 0.15) is 0 Å². The van der Waals surface area contributed by atoms with Gasteiger partial charge in [0.05, 0.1) is 6.26 Å². The zero-order valence-electron chi connectivity index (χ0n) is 12.7. The summed E-state index contributed by atoms with van der Waals surface area (Å²) in [6.45, 7) is 5.84. The lowest BCUT2D eigenvalue weighted by Gasteiger charge is -2.19. The van der Waals surface area contributed by atoms with Crippen LogP contribution in [-0.4, -0.2) is 18.0 Å². The monoisotopic (exact) mass is 287 g/mol. The fourth-order valence-electron chi connectivity index (χ4n) is 2.29. The third-order valence-electron chi connectivity index (χ3n) is 3.33. The fraction of sp³-hybridized carbons (Fsp3) is 0.353. The Labute approximate surface area is 125 Å². The second kappa shape index (κ2) is 7.09. The van der Waals surface area contributed by atoms with Gasteiger partial charge in [-0.25, -0.2) is 0 Å². The molecule has 0 fully saturated rings. The standard InChI is InChI=1S/C17H22N2O2/c1-12(2)18-17(20)13(3)19-16(15-10-7-11-21-15)14-8-5-4-6-9-14/h4-13,16,19H,1-3H3,(H,18,20)/p+1/t13-,16-/m1/s1. The van der Waals surface area contributed by atoms with Crippen molar-refractivity contribution in [3.8, 4) is 0 Å². The summed E-state index contributed by atoms with van der Waals surface area (Å²) in [5.41, 5.74) is 1.12. The average Bonchev–Trinajstić information content (AvgIpc) is 2.98. The van der Waals surface area contributed by atoms with Gasteiger partial charge in [0.25, 0.3) is 5.91 Å². The predicted molar refractivity (Wildman–Crippen MR) is 81.7 cm³/mol. The molecule has 112 valence electrons. The van der Waals surface area contributed by atoms with E-state index in [1.165, 1.54) is 0 Å². The zero-order valence-corrected chi connectivity index (χ0v) is 12.7. The van der Waals surface area contributed by atoms with E-state index in [1.54, 1.807) is 6.26 Å². The van der Waals surface area contributed by atoms with Crippen molar-refractivity contribution in [3.05, 3.63) is 60.1 Å². The molecular weight excluding hydrogens is 264 g/mol. The first kappa shape index (κ1) is 15.3. The summed E-state index contributed by atoms with van der Waals surface area (Å²) < 4.78 is 5.55. The van der Waals surface area contributed by atoms with Crippen molar-refractivity contribution in [2.24, 2.45) is 0 Å². The Morgan fingerprint density at radius 3 is 2.38 bits per heavy atom. The summed E-state index contributed by atoms with van der Waals surface area (Å²) in [4.78, 5) is 12.1. The van der Waals surface area contributed by atoms with Crippen LogP contribution in [0.15, 0.2) is 53.1 Å². The molecule has 2 rings (SSSR count). The molecular formula is C17H23N2O2+. The van der Waals surface area contributed by atoms with Gasteiger partial charge in [-0.2, -0.15) is 0 Å². The Bertz CT molecular complexity index is 549. The number of nitrogens with one attached hydrogen (secondary N) is 1. The molecule has 0 aliphatic carbocycles. The quantitative estimate of drug-likeness (QED) is 0.852. The van der Waals surface area contributed by atoms with Crippen molar-refractivity contribution < 1.29 is 14.5 Å². The van der Waals surface area contributed by atoms with Crippen LogP contribution in [0.5, 0.6) is 0 Å². The fourth-order valence-corrected chi connectivity index (χ4v) is 2.29. The van der Waals surface area contributed by atoms with Crippen molar-refractivity contribution in [3.63, 3.8) is 0 Å². The van der Waals surface area contributed by atoms with E-state index in [1.807, 2.05) is 56.4 Å². The van der Waals surface area contributed by atoms with E-state index in [2.05, 4.69) is 17.4 Å². The average molecular weight is 287 g/mol. The summed E-state index contributed by atoms with van der Waals surface area (Å²) >= 11 is 0. The largest absolute Gasteiger partial charge is 0.463 e. The van der Waals surface area contributed by atoms with Gasteiger partial charge in [0, 0.05) is 11.6 Å². The Hall–Kier alpha value is -2.07. The summed E-state index contributed by atoms with van der Waals surface area (Å²) in [7, 11) is 0. The number of rotatable bonds is 6. The topological polar surface area (TPSA) is 58.9 Å². The van der Waals surface area contributed by atoms with E-state index in [0.717, 1.165) is 11.3 Å². The number of benzene rings is 1. The van der Waals surface area contributed by atoms with Gasteiger partial charge in [0.2, 0.25) is 0 Å². The van der Waals surface area contributed by atoms with Crippen molar-refractivity contribution in [2.45, 2.75) is 38.9 Å². The molecule has 21 heavy (non-hydrogen) atoms. The van der Waals surface area contributed by atoms with Crippen LogP contribution in [0.1, 0.15) is 38.1 Å². The molecule has 0 spiro atoms. The highest BCUT2D eigenvalue weighted by molar-refractivity contribution is 5.80. The minimum Gasteiger partial charge on any atom is -0.463 e. The number of quaternary nitrogens is 1. The summed E-state index contributed by atoms with van der Waals surface area (Å²) in [5, 5.41) is 4.98. The number of amides is 1. The SMILES string of the molecule is CC(C)NC(=O)[C@@H](C)[NH2+][C@H](c1ccccc1)c1ccco1. The molecule has 2 atom stereocenters. The van der Waals surface area contributed by atoms with E-state index in [9.17, 15) is 4.79 Å². The van der Waals surface area contributed by atoms with Crippen LogP contribution in [0.25, 0.3) is 0 Å². The van der Waals surface area contributed by atoms with Gasteiger partial charge < -0.3 is 15.1 Å². The molecule has 4 nitrogen and oxygen atoms in total. The molecule has 0 saturated carbocycles. The highest BCUT2D eigenvalue weighted by atomic mass is 16.3. The van der Waals surface area contributed by atoms with Gasteiger partial charge in [0.15, 0.2) is 17.8 Å². The van der Waals surface area contributed by atoms with Gasteiger partial charge in [-0.15, -0.1) is 0 Å². The number of carbonyl (C=O) groups excluding carboxylic acids is 1. The van der Waals surface area contributed by atoms with E-state index >= 15 is 0 Å². The normalized spacial score (nSPS) is 13.9. The Morgan fingerprint density at radius 1 is 1.10 bits per heavy atom. The third-order valence-corrected chi connectivity index (χ3v) is 3.33. The highest BCUT2D eigenvalue weighted by Gasteiger charge is 2.26. The van der Waals surface area contributed by atoms with Crippen molar-refractivity contribution in [2.75, 3.05) is 0 Å². The van der Waals surface area contributed by atoms with Gasteiger partial charge in [-0.3, -0.25) is 4.79 Å². The lowest BCUT2D eigenvalue weighted by atomic mass is 10.0. The Morgan fingerprint density at radius 2 is 1.81 bits per heavy atom. The molecule has 0 aliphatic heterocycles. The van der Waals surface area contributed by atoms with Crippen LogP contribution in [0.4, 0.5) is 0 Å². The molecule has 3 N–H and O–H groups in total. The lowest BCUT2D eigenvalue weighted by Crippen LogP contribution is -2.92.